The quantitative estimate of drug-likeness (QED) is 0.318. The summed E-state index contributed by atoms with van der Waals surface area (Å²) in [6.07, 6.45) is 0. The fourth-order valence-corrected chi connectivity index (χ4v) is 3.44. The van der Waals surface area contributed by atoms with Crippen molar-refractivity contribution in [1.29, 1.82) is 0 Å². The number of piperazine rings is 1. The summed E-state index contributed by atoms with van der Waals surface area (Å²) in [5, 5.41) is 6.62. The molecule has 0 aromatic heterocycles. The molecule has 0 spiro atoms. The Hall–Kier alpha value is -2.27. The Bertz CT molecular complexity index is 842. The van der Waals surface area contributed by atoms with E-state index in [1.54, 1.807) is 21.3 Å². The van der Waals surface area contributed by atoms with Gasteiger partial charge in [-0.3, -0.25) is 9.89 Å². The van der Waals surface area contributed by atoms with Gasteiger partial charge in [-0.1, -0.05) is 0 Å². The molecule has 31 heavy (non-hydrogen) atoms. The van der Waals surface area contributed by atoms with Gasteiger partial charge in [0, 0.05) is 63.8 Å². The minimum atomic E-state index is -0.196. The fourth-order valence-electron chi connectivity index (χ4n) is 3.44. The van der Waals surface area contributed by atoms with Crippen molar-refractivity contribution in [2.24, 2.45) is 4.99 Å². The first-order valence-corrected chi connectivity index (χ1v) is 10.1. The fraction of sp³-hybridized carbons (Fsp3) is 0.409. The smallest absolute Gasteiger partial charge is 0.195 e. The number of hydrogen-bond acceptors (Lipinski definition) is 5. The van der Waals surface area contributed by atoms with Gasteiger partial charge in [0.2, 0.25) is 0 Å². The van der Waals surface area contributed by atoms with Crippen LogP contribution in [-0.4, -0.2) is 71.4 Å². The number of ether oxygens (including phenoxy) is 2. The van der Waals surface area contributed by atoms with E-state index in [4.69, 9.17) is 9.47 Å². The third kappa shape index (κ3) is 7.13. The number of nitrogens with zero attached hydrogens (tertiary/aromatic N) is 3. The van der Waals surface area contributed by atoms with Crippen LogP contribution in [0.2, 0.25) is 0 Å². The van der Waals surface area contributed by atoms with Crippen molar-refractivity contribution in [3.8, 4) is 11.5 Å². The summed E-state index contributed by atoms with van der Waals surface area (Å²) in [7, 11) is 4.98. The van der Waals surface area contributed by atoms with Gasteiger partial charge in [0.05, 0.1) is 14.2 Å². The third-order valence-electron chi connectivity index (χ3n) is 5.15. The molecule has 0 amide bonds. The summed E-state index contributed by atoms with van der Waals surface area (Å²) >= 11 is 0. The van der Waals surface area contributed by atoms with Crippen LogP contribution in [0, 0.1) is 5.82 Å². The lowest BCUT2D eigenvalue weighted by atomic mass is 10.2. The highest BCUT2D eigenvalue weighted by molar-refractivity contribution is 14.0. The van der Waals surface area contributed by atoms with E-state index in [9.17, 15) is 4.39 Å². The highest BCUT2D eigenvalue weighted by Gasteiger charge is 2.17. The maximum Gasteiger partial charge on any atom is 0.195 e. The van der Waals surface area contributed by atoms with Gasteiger partial charge in [0.25, 0.3) is 0 Å². The number of nitrogens with one attached hydrogen (secondary N) is 2. The molecule has 1 saturated heterocycles. The first-order chi connectivity index (χ1) is 14.6. The van der Waals surface area contributed by atoms with Gasteiger partial charge in [-0.05, 0) is 36.4 Å². The lowest BCUT2D eigenvalue weighted by molar-refractivity contribution is 0.262. The number of methoxy groups -OCH3 is 2. The molecule has 9 heteroatoms. The standard InChI is InChI=1S/C22H30FN5O2.HI/c1-24-22(26-18-6-9-20(29-2)21(16-18)30-3)25-10-11-27-12-14-28(15-13-27)19-7-4-17(23)5-8-19;/h4-9,16H,10-15H2,1-3H3,(H2,24,25,26);1H. The van der Waals surface area contributed by atoms with E-state index in [0.29, 0.717) is 17.5 Å². The molecule has 0 atom stereocenters. The monoisotopic (exact) mass is 543 g/mol. The SMILES string of the molecule is CN=C(NCCN1CCN(c2ccc(F)cc2)CC1)Nc1ccc(OC)c(OC)c1.I. The lowest BCUT2D eigenvalue weighted by Crippen LogP contribution is -2.48. The van der Waals surface area contributed by atoms with Gasteiger partial charge >= 0.3 is 0 Å². The topological polar surface area (TPSA) is 61.4 Å². The van der Waals surface area contributed by atoms with Crippen molar-refractivity contribution >= 4 is 41.3 Å². The van der Waals surface area contributed by atoms with Crippen molar-refractivity contribution in [3.63, 3.8) is 0 Å². The number of aliphatic imine (C=N–C) groups is 1. The zero-order chi connectivity index (χ0) is 21.3. The van der Waals surface area contributed by atoms with Crippen LogP contribution < -0.4 is 25.0 Å². The van der Waals surface area contributed by atoms with Gasteiger partial charge in [0.15, 0.2) is 17.5 Å². The number of guanidine groups is 1. The molecule has 1 fully saturated rings. The summed E-state index contributed by atoms with van der Waals surface area (Å²) in [6.45, 7) is 5.52. The Balaban J connectivity index is 0.00000341. The molecule has 2 N–H and O–H groups in total. The van der Waals surface area contributed by atoms with E-state index >= 15 is 0 Å². The molecule has 2 aromatic rings. The summed E-state index contributed by atoms with van der Waals surface area (Å²) < 4.78 is 23.7. The molecular weight excluding hydrogens is 512 g/mol. The maximum absolute atomic E-state index is 13.1. The average Bonchev–Trinajstić information content (AvgIpc) is 2.79. The summed E-state index contributed by atoms with van der Waals surface area (Å²) in [4.78, 5) is 8.99. The largest absolute Gasteiger partial charge is 0.493 e. The van der Waals surface area contributed by atoms with Gasteiger partial charge in [-0.25, -0.2) is 4.39 Å². The Morgan fingerprint density at radius 3 is 2.29 bits per heavy atom. The molecule has 0 unspecified atom stereocenters. The van der Waals surface area contributed by atoms with Crippen molar-refractivity contribution < 1.29 is 13.9 Å². The summed E-state index contributed by atoms with van der Waals surface area (Å²) in [5.41, 5.74) is 1.95. The highest BCUT2D eigenvalue weighted by Crippen LogP contribution is 2.29. The molecule has 7 nitrogen and oxygen atoms in total. The molecule has 0 aliphatic carbocycles. The predicted octanol–water partition coefficient (Wildman–Crippen LogP) is 3.27. The first kappa shape index (κ1) is 25.0. The van der Waals surface area contributed by atoms with Crippen LogP contribution in [0.25, 0.3) is 0 Å². The summed E-state index contributed by atoms with van der Waals surface area (Å²) in [6, 6.07) is 12.4. The van der Waals surface area contributed by atoms with Crippen molar-refractivity contribution in [3.05, 3.63) is 48.3 Å². The Kier molecular flexibility index (Phi) is 10.1. The van der Waals surface area contributed by atoms with Crippen LogP contribution in [0.4, 0.5) is 15.8 Å². The first-order valence-electron chi connectivity index (χ1n) is 10.1. The molecule has 2 aromatic carbocycles. The molecular formula is C22H31FIN5O2. The molecule has 1 heterocycles. The van der Waals surface area contributed by atoms with Gasteiger partial charge < -0.3 is 25.0 Å². The van der Waals surface area contributed by atoms with Crippen LogP contribution in [0.1, 0.15) is 0 Å². The van der Waals surface area contributed by atoms with E-state index in [0.717, 1.165) is 50.6 Å². The van der Waals surface area contributed by atoms with Crippen molar-refractivity contribution in [2.45, 2.75) is 0 Å². The van der Waals surface area contributed by atoms with E-state index < -0.39 is 0 Å². The predicted molar refractivity (Wildman–Crippen MR) is 135 cm³/mol. The molecule has 0 radical (unpaired) electrons. The molecule has 1 aliphatic rings. The average molecular weight is 543 g/mol. The number of anilines is 2. The molecule has 0 bridgehead atoms. The molecule has 3 rings (SSSR count). The molecule has 170 valence electrons. The highest BCUT2D eigenvalue weighted by atomic mass is 127. The van der Waals surface area contributed by atoms with Crippen molar-refractivity contribution in [2.75, 3.05) is 70.8 Å². The minimum absolute atomic E-state index is 0. The van der Waals surface area contributed by atoms with Crippen LogP contribution in [-0.2, 0) is 0 Å². The Morgan fingerprint density at radius 2 is 1.68 bits per heavy atom. The van der Waals surface area contributed by atoms with Gasteiger partial charge in [0.1, 0.15) is 5.82 Å². The van der Waals surface area contributed by atoms with E-state index in [2.05, 4.69) is 25.4 Å². The van der Waals surface area contributed by atoms with Gasteiger partial charge in [-0.2, -0.15) is 0 Å². The third-order valence-corrected chi connectivity index (χ3v) is 5.15. The van der Waals surface area contributed by atoms with E-state index in [1.165, 1.54) is 12.1 Å². The number of halogens is 2. The molecule has 1 aliphatic heterocycles. The molecule has 0 saturated carbocycles. The van der Waals surface area contributed by atoms with E-state index in [-0.39, 0.29) is 29.8 Å². The van der Waals surface area contributed by atoms with Gasteiger partial charge in [-0.15, -0.1) is 24.0 Å². The van der Waals surface area contributed by atoms with Crippen LogP contribution >= 0.6 is 24.0 Å². The second-order valence-electron chi connectivity index (χ2n) is 7.00. The number of rotatable bonds is 7. The second kappa shape index (κ2) is 12.6. The van der Waals surface area contributed by atoms with Crippen LogP contribution in [0.3, 0.4) is 0 Å². The Morgan fingerprint density at radius 1 is 1.00 bits per heavy atom. The maximum atomic E-state index is 13.1. The Labute approximate surface area is 200 Å². The lowest BCUT2D eigenvalue weighted by Gasteiger charge is -2.36. The zero-order valence-corrected chi connectivity index (χ0v) is 20.6. The number of hydrogen-bond donors (Lipinski definition) is 2. The number of benzene rings is 2. The van der Waals surface area contributed by atoms with Crippen molar-refractivity contribution in [1.82, 2.24) is 10.2 Å². The second-order valence-corrected chi connectivity index (χ2v) is 7.00. The normalized spacial score (nSPS) is 14.6. The summed E-state index contributed by atoms with van der Waals surface area (Å²) in [5.74, 6) is 1.86. The minimum Gasteiger partial charge on any atom is -0.493 e. The van der Waals surface area contributed by atoms with Crippen LogP contribution in [0.5, 0.6) is 11.5 Å². The van der Waals surface area contributed by atoms with Crippen LogP contribution in [0.15, 0.2) is 47.5 Å². The zero-order valence-electron chi connectivity index (χ0n) is 18.2. The van der Waals surface area contributed by atoms with E-state index in [1.807, 2.05) is 30.3 Å².